The minimum Gasteiger partial charge on any atom is -0.478 e. The highest BCUT2D eigenvalue weighted by molar-refractivity contribution is 6.31. The number of anilines is 1. The zero-order valence-corrected chi connectivity index (χ0v) is 10.7. The summed E-state index contributed by atoms with van der Waals surface area (Å²) >= 11 is 5.78. The summed E-state index contributed by atoms with van der Waals surface area (Å²) in [4.78, 5) is 11.1. The molecule has 4 nitrogen and oxygen atoms in total. The smallest absolute Gasteiger partial charge is 0.337 e. The number of rotatable bonds is 4. The van der Waals surface area contributed by atoms with Crippen LogP contribution < -0.4 is 5.32 Å². The Labute approximate surface area is 111 Å². The number of carboxylic acid groups (broad SMARTS) is 1. The summed E-state index contributed by atoms with van der Waals surface area (Å²) in [7, 11) is 0. The minimum atomic E-state index is -1.03. The number of carbonyl (C=O) groups is 1. The standard InChI is InChI=1S/C13H16ClNO3/c14-9-3-4-11(10(7-9)12(16)17)15-8-13(18)5-1-2-6-13/h3-4,7,15,18H,1-2,5-6,8H2,(H,16,17). The molecular formula is C13H16ClNO3. The van der Waals surface area contributed by atoms with Gasteiger partial charge < -0.3 is 15.5 Å². The second-order valence-electron chi connectivity index (χ2n) is 4.78. The molecule has 5 heteroatoms. The fraction of sp³-hybridized carbons (Fsp3) is 0.462. The number of carboxylic acids is 1. The molecule has 0 heterocycles. The second-order valence-corrected chi connectivity index (χ2v) is 5.22. The van der Waals surface area contributed by atoms with E-state index in [-0.39, 0.29) is 5.56 Å². The SMILES string of the molecule is O=C(O)c1cc(Cl)ccc1NCC1(O)CCCC1. The van der Waals surface area contributed by atoms with E-state index in [2.05, 4.69) is 5.32 Å². The first-order valence-corrected chi connectivity index (χ1v) is 6.37. The van der Waals surface area contributed by atoms with Crippen LogP contribution in [0.15, 0.2) is 18.2 Å². The quantitative estimate of drug-likeness (QED) is 0.786. The summed E-state index contributed by atoms with van der Waals surface area (Å²) < 4.78 is 0. The Bertz CT molecular complexity index is 456. The maximum atomic E-state index is 11.1. The van der Waals surface area contributed by atoms with E-state index < -0.39 is 11.6 Å². The first-order valence-electron chi connectivity index (χ1n) is 5.99. The van der Waals surface area contributed by atoms with Crippen molar-refractivity contribution in [2.24, 2.45) is 0 Å². The van der Waals surface area contributed by atoms with Gasteiger partial charge in [0.2, 0.25) is 0 Å². The van der Waals surface area contributed by atoms with Crippen LogP contribution in [-0.2, 0) is 0 Å². The summed E-state index contributed by atoms with van der Waals surface area (Å²) in [5, 5.41) is 22.7. The average molecular weight is 270 g/mol. The summed E-state index contributed by atoms with van der Waals surface area (Å²) in [6.07, 6.45) is 3.56. The van der Waals surface area contributed by atoms with Gasteiger partial charge in [0, 0.05) is 17.3 Å². The lowest BCUT2D eigenvalue weighted by molar-refractivity contribution is 0.0610. The number of benzene rings is 1. The Kier molecular flexibility index (Phi) is 3.78. The van der Waals surface area contributed by atoms with Crippen molar-refractivity contribution < 1.29 is 15.0 Å². The van der Waals surface area contributed by atoms with Crippen LogP contribution in [0.3, 0.4) is 0 Å². The number of hydrogen-bond donors (Lipinski definition) is 3. The van der Waals surface area contributed by atoms with E-state index in [0.29, 0.717) is 17.3 Å². The van der Waals surface area contributed by atoms with Crippen LogP contribution in [0.5, 0.6) is 0 Å². The topological polar surface area (TPSA) is 69.6 Å². The summed E-state index contributed by atoms with van der Waals surface area (Å²) in [6, 6.07) is 4.67. The molecule has 1 fully saturated rings. The molecule has 1 aromatic rings. The molecule has 1 aliphatic rings. The first-order chi connectivity index (χ1) is 8.50. The summed E-state index contributed by atoms with van der Waals surface area (Å²) in [5.41, 5.74) is -0.0913. The van der Waals surface area contributed by atoms with E-state index in [1.165, 1.54) is 6.07 Å². The van der Waals surface area contributed by atoms with Gasteiger partial charge in [-0.3, -0.25) is 0 Å². The molecule has 2 rings (SSSR count). The van der Waals surface area contributed by atoms with E-state index in [1.54, 1.807) is 12.1 Å². The Balaban J connectivity index is 2.11. The molecule has 1 saturated carbocycles. The van der Waals surface area contributed by atoms with Crippen LogP contribution in [-0.4, -0.2) is 28.3 Å². The Morgan fingerprint density at radius 2 is 2.06 bits per heavy atom. The summed E-state index contributed by atoms with van der Waals surface area (Å²) in [5.74, 6) is -1.03. The third kappa shape index (κ3) is 2.94. The maximum Gasteiger partial charge on any atom is 0.337 e. The predicted octanol–water partition coefficient (Wildman–Crippen LogP) is 2.76. The lowest BCUT2D eigenvalue weighted by Gasteiger charge is -2.23. The predicted molar refractivity (Wildman–Crippen MR) is 70.3 cm³/mol. The maximum absolute atomic E-state index is 11.1. The van der Waals surface area contributed by atoms with Crippen molar-refractivity contribution in [3.8, 4) is 0 Å². The highest BCUT2D eigenvalue weighted by Crippen LogP contribution is 2.30. The van der Waals surface area contributed by atoms with Gasteiger partial charge in [0.05, 0.1) is 11.2 Å². The Hall–Kier alpha value is -1.26. The highest BCUT2D eigenvalue weighted by Gasteiger charge is 2.31. The van der Waals surface area contributed by atoms with Crippen LogP contribution in [0.25, 0.3) is 0 Å². The molecule has 0 amide bonds. The fourth-order valence-corrected chi connectivity index (χ4v) is 2.49. The van der Waals surface area contributed by atoms with Crippen molar-refractivity contribution in [3.05, 3.63) is 28.8 Å². The lowest BCUT2D eigenvalue weighted by atomic mass is 10.0. The van der Waals surface area contributed by atoms with Crippen molar-refractivity contribution in [3.63, 3.8) is 0 Å². The number of hydrogen-bond acceptors (Lipinski definition) is 3. The van der Waals surface area contributed by atoms with Crippen molar-refractivity contribution in [1.82, 2.24) is 0 Å². The van der Waals surface area contributed by atoms with E-state index in [4.69, 9.17) is 16.7 Å². The van der Waals surface area contributed by atoms with Gasteiger partial charge in [0.1, 0.15) is 0 Å². The van der Waals surface area contributed by atoms with Gasteiger partial charge in [-0.1, -0.05) is 24.4 Å². The lowest BCUT2D eigenvalue weighted by Crippen LogP contribution is -2.33. The highest BCUT2D eigenvalue weighted by atomic mass is 35.5. The van der Waals surface area contributed by atoms with Gasteiger partial charge in [-0.15, -0.1) is 0 Å². The van der Waals surface area contributed by atoms with Gasteiger partial charge in [0.25, 0.3) is 0 Å². The van der Waals surface area contributed by atoms with Crippen LogP contribution in [0.2, 0.25) is 5.02 Å². The van der Waals surface area contributed by atoms with E-state index >= 15 is 0 Å². The van der Waals surface area contributed by atoms with E-state index in [0.717, 1.165) is 25.7 Å². The van der Waals surface area contributed by atoms with Crippen LogP contribution in [0.4, 0.5) is 5.69 Å². The first kappa shape index (κ1) is 13.2. The zero-order chi connectivity index (χ0) is 13.2. The van der Waals surface area contributed by atoms with Crippen molar-refractivity contribution in [2.75, 3.05) is 11.9 Å². The normalized spacial score (nSPS) is 17.7. The fourth-order valence-electron chi connectivity index (χ4n) is 2.32. The average Bonchev–Trinajstić information content (AvgIpc) is 2.75. The molecular weight excluding hydrogens is 254 g/mol. The van der Waals surface area contributed by atoms with Gasteiger partial charge in [-0.2, -0.15) is 0 Å². The molecule has 0 bridgehead atoms. The molecule has 0 spiro atoms. The van der Waals surface area contributed by atoms with Crippen LogP contribution >= 0.6 is 11.6 Å². The monoisotopic (exact) mass is 269 g/mol. The molecule has 0 radical (unpaired) electrons. The van der Waals surface area contributed by atoms with Crippen molar-refractivity contribution >= 4 is 23.3 Å². The van der Waals surface area contributed by atoms with Gasteiger partial charge >= 0.3 is 5.97 Å². The van der Waals surface area contributed by atoms with Crippen LogP contribution in [0.1, 0.15) is 36.0 Å². The Morgan fingerprint density at radius 1 is 1.39 bits per heavy atom. The molecule has 18 heavy (non-hydrogen) atoms. The number of nitrogens with one attached hydrogen (secondary N) is 1. The number of aliphatic hydroxyl groups is 1. The third-order valence-corrected chi connectivity index (χ3v) is 3.59. The number of halogens is 1. The van der Waals surface area contributed by atoms with Gasteiger partial charge in [-0.25, -0.2) is 4.79 Å². The van der Waals surface area contributed by atoms with Crippen molar-refractivity contribution in [2.45, 2.75) is 31.3 Å². The van der Waals surface area contributed by atoms with E-state index in [9.17, 15) is 9.90 Å². The second kappa shape index (κ2) is 5.16. The molecule has 3 N–H and O–H groups in total. The molecule has 1 aliphatic carbocycles. The largest absolute Gasteiger partial charge is 0.478 e. The van der Waals surface area contributed by atoms with Gasteiger partial charge in [0.15, 0.2) is 0 Å². The molecule has 1 aromatic carbocycles. The third-order valence-electron chi connectivity index (χ3n) is 3.35. The number of aromatic carboxylic acids is 1. The molecule has 0 aliphatic heterocycles. The minimum absolute atomic E-state index is 0.129. The molecule has 0 aromatic heterocycles. The van der Waals surface area contributed by atoms with Crippen LogP contribution in [0, 0.1) is 0 Å². The molecule has 0 unspecified atom stereocenters. The Morgan fingerprint density at radius 3 is 2.67 bits per heavy atom. The van der Waals surface area contributed by atoms with Gasteiger partial charge in [-0.05, 0) is 31.0 Å². The molecule has 0 atom stereocenters. The van der Waals surface area contributed by atoms with E-state index in [1.807, 2.05) is 0 Å². The summed E-state index contributed by atoms with van der Waals surface area (Å²) in [6.45, 7) is 0.370. The molecule has 0 saturated heterocycles. The zero-order valence-electron chi connectivity index (χ0n) is 9.95. The van der Waals surface area contributed by atoms with Crippen molar-refractivity contribution in [1.29, 1.82) is 0 Å². The molecule has 98 valence electrons.